The number of carboxylic acid groups (broad SMARTS) is 1. The minimum atomic E-state index is -1.01. The number of oxazole rings is 1. The molecule has 0 unspecified atom stereocenters. The molecule has 0 saturated heterocycles. The van der Waals surface area contributed by atoms with Gasteiger partial charge in [-0.2, -0.15) is 4.98 Å². The zero-order valence-electron chi connectivity index (χ0n) is 10.2. The number of rotatable bonds is 4. The summed E-state index contributed by atoms with van der Waals surface area (Å²) in [5.41, 5.74) is 0.920. The first-order chi connectivity index (χ1) is 9.06. The topological polar surface area (TPSA) is 92.4 Å². The molecule has 0 saturated carbocycles. The SMILES string of the molecule is Cc1nc(NC(=O)c2ccccc2)oc1CC(=O)O. The average molecular weight is 260 g/mol. The summed E-state index contributed by atoms with van der Waals surface area (Å²) >= 11 is 0. The second-order valence-electron chi connectivity index (χ2n) is 3.92. The summed E-state index contributed by atoms with van der Waals surface area (Å²) in [5.74, 6) is -1.14. The fourth-order valence-electron chi connectivity index (χ4n) is 1.54. The van der Waals surface area contributed by atoms with Crippen LogP contribution >= 0.6 is 0 Å². The van der Waals surface area contributed by atoms with E-state index in [1.54, 1.807) is 37.3 Å². The maximum atomic E-state index is 11.8. The van der Waals surface area contributed by atoms with Gasteiger partial charge in [0.2, 0.25) is 0 Å². The van der Waals surface area contributed by atoms with E-state index in [1.165, 1.54) is 0 Å². The second kappa shape index (κ2) is 5.34. The largest absolute Gasteiger partial charge is 0.481 e. The van der Waals surface area contributed by atoms with Crippen molar-refractivity contribution in [3.8, 4) is 0 Å². The van der Waals surface area contributed by atoms with E-state index in [1.807, 2.05) is 0 Å². The molecule has 1 heterocycles. The van der Waals surface area contributed by atoms with Gasteiger partial charge in [-0.3, -0.25) is 14.9 Å². The first-order valence-corrected chi connectivity index (χ1v) is 5.61. The van der Waals surface area contributed by atoms with Crippen LogP contribution in [0, 0.1) is 6.92 Å². The number of carbonyl (C=O) groups excluding carboxylic acids is 1. The minimum Gasteiger partial charge on any atom is -0.481 e. The molecule has 2 aromatic rings. The molecule has 1 aromatic carbocycles. The predicted molar refractivity (Wildman–Crippen MR) is 67.0 cm³/mol. The number of anilines is 1. The summed E-state index contributed by atoms with van der Waals surface area (Å²) < 4.78 is 5.19. The molecular weight excluding hydrogens is 248 g/mol. The molecule has 19 heavy (non-hydrogen) atoms. The Morgan fingerprint density at radius 2 is 2.00 bits per heavy atom. The number of hydrogen-bond donors (Lipinski definition) is 2. The molecule has 2 N–H and O–H groups in total. The molecule has 6 heteroatoms. The number of aromatic nitrogens is 1. The Morgan fingerprint density at radius 3 is 2.63 bits per heavy atom. The van der Waals surface area contributed by atoms with E-state index in [-0.39, 0.29) is 24.1 Å². The van der Waals surface area contributed by atoms with Crippen molar-refractivity contribution >= 4 is 17.9 Å². The summed E-state index contributed by atoms with van der Waals surface area (Å²) in [6, 6.07) is 8.60. The van der Waals surface area contributed by atoms with Crippen LogP contribution in [0.25, 0.3) is 0 Å². The molecule has 0 aliphatic heterocycles. The van der Waals surface area contributed by atoms with E-state index in [2.05, 4.69) is 10.3 Å². The van der Waals surface area contributed by atoms with Gasteiger partial charge >= 0.3 is 12.0 Å². The van der Waals surface area contributed by atoms with Gasteiger partial charge in [0, 0.05) is 5.56 Å². The highest BCUT2D eigenvalue weighted by molar-refractivity contribution is 6.03. The number of nitrogens with one attached hydrogen (secondary N) is 1. The van der Waals surface area contributed by atoms with Crippen LogP contribution in [0.2, 0.25) is 0 Å². The zero-order valence-corrected chi connectivity index (χ0v) is 10.2. The van der Waals surface area contributed by atoms with Crippen LogP contribution in [-0.4, -0.2) is 22.0 Å². The Labute approximate surface area is 109 Å². The number of hydrogen-bond acceptors (Lipinski definition) is 4. The van der Waals surface area contributed by atoms with Crippen molar-refractivity contribution in [2.24, 2.45) is 0 Å². The lowest BCUT2D eigenvalue weighted by atomic mass is 10.2. The van der Waals surface area contributed by atoms with Crippen LogP contribution in [-0.2, 0) is 11.2 Å². The summed E-state index contributed by atoms with van der Waals surface area (Å²) in [6.45, 7) is 1.62. The van der Waals surface area contributed by atoms with Gasteiger partial charge in [0.1, 0.15) is 12.2 Å². The van der Waals surface area contributed by atoms with Crippen molar-refractivity contribution in [2.45, 2.75) is 13.3 Å². The van der Waals surface area contributed by atoms with Crippen LogP contribution < -0.4 is 5.32 Å². The molecule has 0 aliphatic rings. The second-order valence-corrected chi connectivity index (χ2v) is 3.92. The summed E-state index contributed by atoms with van der Waals surface area (Å²) in [7, 11) is 0. The van der Waals surface area contributed by atoms with Crippen molar-refractivity contribution in [1.29, 1.82) is 0 Å². The first kappa shape index (κ1) is 12.8. The number of carboxylic acids is 1. The van der Waals surface area contributed by atoms with Gasteiger partial charge in [-0.15, -0.1) is 0 Å². The van der Waals surface area contributed by atoms with E-state index < -0.39 is 5.97 Å². The number of nitrogens with zero attached hydrogens (tertiary/aromatic N) is 1. The van der Waals surface area contributed by atoms with E-state index in [0.29, 0.717) is 11.3 Å². The third-order valence-corrected chi connectivity index (χ3v) is 2.46. The van der Waals surface area contributed by atoms with Crippen molar-refractivity contribution in [3.63, 3.8) is 0 Å². The molecule has 98 valence electrons. The van der Waals surface area contributed by atoms with Gasteiger partial charge in [-0.1, -0.05) is 18.2 Å². The Kier molecular flexibility index (Phi) is 3.61. The van der Waals surface area contributed by atoms with E-state index in [9.17, 15) is 9.59 Å². The highest BCUT2D eigenvalue weighted by atomic mass is 16.4. The Hall–Kier alpha value is -2.63. The van der Waals surface area contributed by atoms with Crippen molar-refractivity contribution < 1.29 is 19.1 Å². The average Bonchev–Trinajstić information content (AvgIpc) is 2.70. The monoisotopic (exact) mass is 260 g/mol. The molecule has 6 nitrogen and oxygen atoms in total. The molecule has 0 atom stereocenters. The fourth-order valence-corrected chi connectivity index (χ4v) is 1.54. The molecule has 0 fully saturated rings. The Bertz CT molecular complexity index is 604. The molecule has 0 radical (unpaired) electrons. The lowest BCUT2D eigenvalue weighted by molar-refractivity contribution is -0.136. The third kappa shape index (κ3) is 3.19. The van der Waals surface area contributed by atoms with E-state index in [4.69, 9.17) is 9.52 Å². The smallest absolute Gasteiger partial charge is 0.311 e. The highest BCUT2D eigenvalue weighted by Gasteiger charge is 2.15. The third-order valence-electron chi connectivity index (χ3n) is 2.46. The Balaban J connectivity index is 2.12. The van der Waals surface area contributed by atoms with Crippen LogP contribution in [0.4, 0.5) is 6.01 Å². The lowest BCUT2D eigenvalue weighted by Crippen LogP contribution is -2.11. The molecule has 0 bridgehead atoms. The maximum Gasteiger partial charge on any atom is 0.311 e. The number of benzene rings is 1. The number of aliphatic carboxylic acids is 1. The number of amides is 1. The van der Waals surface area contributed by atoms with Gasteiger partial charge in [0.05, 0.1) is 5.69 Å². The maximum absolute atomic E-state index is 11.8. The van der Waals surface area contributed by atoms with Crippen LogP contribution in [0.3, 0.4) is 0 Å². The molecule has 0 spiro atoms. The minimum absolute atomic E-state index is 0.00241. The summed E-state index contributed by atoms with van der Waals surface area (Å²) in [5, 5.41) is 11.2. The number of carbonyl (C=O) groups is 2. The van der Waals surface area contributed by atoms with Crippen LogP contribution in [0.15, 0.2) is 34.7 Å². The van der Waals surface area contributed by atoms with Crippen LogP contribution in [0.1, 0.15) is 21.8 Å². The quantitative estimate of drug-likeness (QED) is 0.875. The van der Waals surface area contributed by atoms with E-state index in [0.717, 1.165) is 0 Å². The van der Waals surface area contributed by atoms with Crippen molar-refractivity contribution in [2.75, 3.05) is 5.32 Å². The standard InChI is InChI=1S/C13H12N2O4/c1-8-10(7-11(16)17)19-13(14-8)15-12(18)9-5-3-2-4-6-9/h2-6H,7H2,1H3,(H,16,17)(H,14,15,18). The van der Waals surface area contributed by atoms with Crippen LogP contribution in [0.5, 0.6) is 0 Å². The highest BCUT2D eigenvalue weighted by Crippen LogP contribution is 2.16. The molecule has 0 aliphatic carbocycles. The van der Waals surface area contributed by atoms with Gasteiger partial charge in [-0.25, -0.2) is 0 Å². The lowest BCUT2D eigenvalue weighted by Gasteiger charge is -1.99. The Morgan fingerprint density at radius 1 is 1.32 bits per heavy atom. The molecule has 1 amide bonds. The fraction of sp³-hybridized carbons (Fsp3) is 0.154. The molecule has 1 aromatic heterocycles. The predicted octanol–water partition coefficient (Wildman–Crippen LogP) is 1.86. The normalized spacial score (nSPS) is 10.2. The number of aryl methyl sites for hydroxylation is 1. The summed E-state index contributed by atoms with van der Waals surface area (Å²) in [6.07, 6.45) is -0.264. The summed E-state index contributed by atoms with van der Waals surface area (Å²) in [4.78, 5) is 26.4. The van der Waals surface area contributed by atoms with Crippen molar-refractivity contribution in [1.82, 2.24) is 4.98 Å². The van der Waals surface area contributed by atoms with Gasteiger partial charge in [0.25, 0.3) is 5.91 Å². The van der Waals surface area contributed by atoms with Gasteiger partial charge < -0.3 is 9.52 Å². The van der Waals surface area contributed by atoms with Gasteiger partial charge in [-0.05, 0) is 19.1 Å². The van der Waals surface area contributed by atoms with Gasteiger partial charge in [0.15, 0.2) is 0 Å². The molecule has 2 rings (SSSR count). The first-order valence-electron chi connectivity index (χ1n) is 5.61. The van der Waals surface area contributed by atoms with E-state index >= 15 is 0 Å². The molecular formula is C13H12N2O4. The van der Waals surface area contributed by atoms with Crippen molar-refractivity contribution in [3.05, 3.63) is 47.3 Å². The zero-order chi connectivity index (χ0) is 13.8.